The maximum Gasteiger partial charge on any atom is 0.383 e. The molecule has 0 saturated carbocycles. The SMILES string of the molecule is C=C(F)/C(F)=C\C(=C)C(F)(F)OC(C)CCC(C)C(C)CCC(C)C. The maximum absolute atomic E-state index is 13.9. The van der Waals surface area contributed by atoms with Crippen LogP contribution in [0.2, 0.25) is 0 Å². The Morgan fingerprint density at radius 1 is 0.920 bits per heavy atom. The predicted octanol–water partition coefficient (Wildman–Crippen LogP) is 7.37. The Hall–Kier alpha value is -1.10. The fourth-order valence-corrected chi connectivity index (χ4v) is 2.37. The second-order valence-corrected chi connectivity index (χ2v) is 7.37. The fourth-order valence-electron chi connectivity index (χ4n) is 2.37. The second kappa shape index (κ2) is 10.8. The largest absolute Gasteiger partial charge is 0.383 e. The molecule has 0 radical (unpaired) electrons. The molecule has 5 heteroatoms. The first-order chi connectivity index (χ1) is 11.4. The summed E-state index contributed by atoms with van der Waals surface area (Å²) in [7, 11) is 0. The predicted molar refractivity (Wildman–Crippen MR) is 95.7 cm³/mol. The summed E-state index contributed by atoms with van der Waals surface area (Å²) in [5.74, 6) is -1.34. The van der Waals surface area contributed by atoms with Crippen LogP contribution in [0, 0.1) is 17.8 Å². The average Bonchev–Trinajstić information content (AvgIpc) is 2.49. The van der Waals surface area contributed by atoms with Gasteiger partial charge in [-0.05, 0) is 43.6 Å². The van der Waals surface area contributed by atoms with Crippen LogP contribution in [0.5, 0.6) is 0 Å². The van der Waals surface area contributed by atoms with Gasteiger partial charge in [0.1, 0.15) is 0 Å². The summed E-state index contributed by atoms with van der Waals surface area (Å²) < 4.78 is 58.1. The van der Waals surface area contributed by atoms with Crippen LogP contribution < -0.4 is 0 Å². The molecular formula is C20H32F4O. The lowest BCUT2D eigenvalue weighted by molar-refractivity contribution is -0.231. The summed E-state index contributed by atoms with van der Waals surface area (Å²) in [5, 5.41) is 0. The van der Waals surface area contributed by atoms with E-state index in [1.165, 1.54) is 0 Å². The van der Waals surface area contributed by atoms with Crippen molar-refractivity contribution in [3.05, 3.63) is 36.5 Å². The standard InChI is InChI=1S/C20H32F4O/c1-13(2)8-9-14(3)15(4)10-11-17(6)25-20(23,24)16(5)12-19(22)18(7)21/h12-15,17H,5,7-11H2,1-4,6H3/b19-12+. The van der Waals surface area contributed by atoms with E-state index in [-0.39, 0.29) is 0 Å². The molecule has 0 saturated heterocycles. The highest BCUT2D eigenvalue weighted by Crippen LogP contribution is 2.31. The topological polar surface area (TPSA) is 9.23 Å². The van der Waals surface area contributed by atoms with Crippen molar-refractivity contribution in [1.82, 2.24) is 0 Å². The van der Waals surface area contributed by atoms with E-state index in [2.05, 4.69) is 40.9 Å². The van der Waals surface area contributed by atoms with E-state index < -0.39 is 29.4 Å². The fraction of sp³-hybridized carbons (Fsp3) is 0.700. The number of rotatable bonds is 12. The van der Waals surface area contributed by atoms with Gasteiger partial charge in [-0.2, -0.15) is 8.78 Å². The van der Waals surface area contributed by atoms with Crippen LogP contribution >= 0.6 is 0 Å². The number of ether oxygens (including phenoxy) is 1. The molecule has 0 aliphatic rings. The van der Waals surface area contributed by atoms with Gasteiger partial charge >= 0.3 is 6.11 Å². The van der Waals surface area contributed by atoms with Gasteiger partial charge in [-0.1, -0.05) is 53.7 Å². The van der Waals surface area contributed by atoms with Crippen LogP contribution in [0.1, 0.15) is 60.3 Å². The minimum Gasteiger partial charge on any atom is -0.314 e. The van der Waals surface area contributed by atoms with Crippen molar-refractivity contribution in [3.8, 4) is 0 Å². The summed E-state index contributed by atoms with van der Waals surface area (Å²) in [6, 6.07) is 0. The molecule has 0 rings (SSSR count). The van der Waals surface area contributed by atoms with Crippen LogP contribution in [0.25, 0.3) is 0 Å². The first kappa shape index (κ1) is 23.9. The van der Waals surface area contributed by atoms with E-state index in [0.29, 0.717) is 30.3 Å². The number of hydrogen-bond donors (Lipinski definition) is 0. The van der Waals surface area contributed by atoms with Gasteiger partial charge in [0.05, 0.1) is 6.10 Å². The van der Waals surface area contributed by atoms with Crippen molar-refractivity contribution in [3.63, 3.8) is 0 Å². The van der Waals surface area contributed by atoms with Crippen molar-refractivity contribution in [2.45, 2.75) is 72.5 Å². The van der Waals surface area contributed by atoms with Gasteiger partial charge in [-0.25, -0.2) is 8.78 Å². The molecule has 0 aromatic rings. The highest BCUT2D eigenvalue weighted by atomic mass is 19.3. The van der Waals surface area contributed by atoms with Gasteiger partial charge in [-0.15, -0.1) is 0 Å². The van der Waals surface area contributed by atoms with Crippen molar-refractivity contribution in [1.29, 1.82) is 0 Å². The van der Waals surface area contributed by atoms with Crippen molar-refractivity contribution < 1.29 is 22.3 Å². The number of hydrogen-bond acceptors (Lipinski definition) is 1. The molecule has 0 heterocycles. The average molecular weight is 364 g/mol. The van der Waals surface area contributed by atoms with Crippen LogP contribution in [-0.2, 0) is 4.74 Å². The van der Waals surface area contributed by atoms with Crippen molar-refractivity contribution in [2.75, 3.05) is 0 Å². The molecule has 1 nitrogen and oxygen atoms in total. The second-order valence-electron chi connectivity index (χ2n) is 7.37. The molecule has 0 fully saturated rings. The van der Waals surface area contributed by atoms with Crippen LogP contribution in [0.3, 0.4) is 0 Å². The zero-order valence-electron chi connectivity index (χ0n) is 16.0. The first-order valence-corrected chi connectivity index (χ1v) is 8.83. The third-order valence-corrected chi connectivity index (χ3v) is 4.48. The van der Waals surface area contributed by atoms with Gasteiger partial charge < -0.3 is 4.74 Å². The van der Waals surface area contributed by atoms with Gasteiger partial charge in [-0.3, -0.25) is 0 Å². The Morgan fingerprint density at radius 2 is 1.40 bits per heavy atom. The van der Waals surface area contributed by atoms with E-state index in [1.54, 1.807) is 6.92 Å². The third kappa shape index (κ3) is 9.83. The van der Waals surface area contributed by atoms with Gasteiger partial charge in [0.15, 0.2) is 11.7 Å². The first-order valence-electron chi connectivity index (χ1n) is 8.83. The van der Waals surface area contributed by atoms with Gasteiger partial charge in [0.25, 0.3) is 0 Å². The van der Waals surface area contributed by atoms with E-state index in [9.17, 15) is 17.6 Å². The molecule has 3 unspecified atom stereocenters. The van der Waals surface area contributed by atoms with E-state index in [4.69, 9.17) is 4.74 Å². The quantitative estimate of drug-likeness (QED) is 0.259. The highest BCUT2D eigenvalue weighted by molar-refractivity contribution is 5.29. The number of halogens is 4. The monoisotopic (exact) mass is 364 g/mol. The molecule has 25 heavy (non-hydrogen) atoms. The maximum atomic E-state index is 13.9. The zero-order valence-corrected chi connectivity index (χ0v) is 16.0. The molecule has 0 aliphatic carbocycles. The molecule has 0 bridgehead atoms. The molecular weight excluding hydrogens is 332 g/mol. The summed E-state index contributed by atoms with van der Waals surface area (Å²) in [4.78, 5) is 0. The molecule has 3 atom stereocenters. The lowest BCUT2D eigenvalue weighted by atomic mass is 9.86. The van der Waals surface area contributed by atoms with Gasteiger partial charge in [0.2, 0.25) is 0 Å². The molecule has 0 N–H and O–H groups in total. The normalized spacial score (nSPS) is 16.6. The zero-order chi connectivity index (χ0) is 19.8. The Balaban J connectivity index is 4.48. The lowest BCUT2D eigenvalue weighted by Crippen LogP contribution is -2.28. The number of allylic oxidation sites excluding steroid dienone is 2. The minimum atomic E-state index is -3.75. The van der Waals surface area contributed by atoms with Crippen LogP contribution in [-0.4, -0.2) is 12.2 Å². The Morgan fingerprint density at radius 3 is 1.84 bits per heavy atom. The Kier molecular flexibility index (Phi) is 10.3. The summed E-state index contributed by atoms with van der Waals surface area (Å²) in [6.07, 6.45) is -0.695. The minimum absolute atomic E-state index is 0.311. The summed E-state index contributed by atoms with van der Waals surface area (Å²) in [5.41, 5.74) is -0.936. The van der Waals surface area contributed by atoms with Gasteiger partial charge in [0, 0.05) is 5.57 Å². The van der Waals surface area contributed by atoms with E-state index in [0.717, 1.165) is 19.3 Å². The molecule has 0 aromatic heterocycles. The lowest BCUT2D eigenvalue weighted by Gasteiger charge is -2.25. The molecule has 0 aliphatic heterocycles. The smallest absolute Gasteiger partial charge is 0.314 e. The highest BCUT2D eigenvalue weighted by Gasteiger charge is 2.35. The molecule has 146 valence electrons. The van der Waals surface area contributed by atoms with Crippen LogP contribution in [0.4, 0.5) is 17.6 Å². The molecule has 0 spiro atoms. The summed E-state index contributed by atoms with van der Waals surface area (Å²) in [6.45, 7) is 16.0. The van der Waals surface area contributed by atoms with E-state index >= 15 is 0 Å². The molecule has 0 aromatic carbocycles. The Labute approximate surface area is 149 Å². The third-order valence-electron chi connectivity index (χ3n) is 4.48. The Bertz CT molecular complexity index is 468. The van der Waals surface area contributed by atoms with Crippen molar-refractivity contribution in [2.24, 2.45) is 17.8 Å². The van der Waals surface area contributed by atoms with E-state index in [1.807, 2.05) is 0 Å². The molecule has 0 amide bonds. The van der Waals surface area contributed by atoms with Crippen molar-refractivity contribution >= 4 is 0 Å². The summed E-state index contributed by atoms with van der Waals surface area (Å²) >= 11 is 0. The van der Waals surface area contributed by atoms with Crippen LogP contribution in [0.15, 0.2) is 36.5 Å². The number of alkyl halides is 2.